The van der Waals surface area contributed by atoms with Crippen LogP contribution in [0.4, 0.5) is 0 Å². The number of carbonyl (C=O) groups excluding carboxylic acids is 1. The number of aryl methyl sites for hydroxylation is 2. The van der Waals surface area contributed by atoms with Crippen LogP contribution >= 0.6 is 0 Å². The second-order valence-corrected chi connectivity index (χ2v) is 15.8. The minimum absolute atomic E-state index is 0.0383. The first-order valence-electron chi connectivity index (χ1n) is 16.2. The zero-order valence-electron chi connectivity index (χ0n) is 26.3. The largest absolute Gasteiger partial charge is 0.338 e. The first-order valence-corrected chi connectivity index (χ1v) is 17.7. The van der Waals surface area contributed by atoms with E-state index in [2.05, 4.69) is 63.9 Å². The number of sulfonamides is 1. The minimum Gasteiger partial charge on any atom is -0.338 e. The Morgan fingerprint density at radius 2 is 1.60 bits per heavy atom. The van der Waals surface area contributed by atoms with Gasteiger partial charge in [0.15, 0.2) is 0 Å². The number of nitrogens with zero attached hydrogens (tertiary/aromatic N) is 6. The molecule has 2 unspecified atom stereocenters. The first-order chi connectivity index (χ1) is 20.6. The van der Waals surface area contributed by atoms with E-state index < -0.39 is 10.0 Å². The van der Waals surface area contributed by atoms with Crippen LogP contribution in [0.15, 0.2) is 36.7 Å². The van der Waals surface area contributed by atoms with Crippen molar-refractivity contribution < 1.29 is 13.2 Å². The average Bonchev–Trinajstić information content (AvgIpc) is 3.86. The highest BCUT2D eigenvalue weighted by Gasteiger charge is 2.46. The molecule has 4 fully saturated rings. The molecule has 0 spiro atoms. The molecular weight excluding hydrogens is 560 g/mol. The molecule has 3 atom stereocenters. The topological polar surface area (TPSA) is 90.0 Å². The van der Waals surface area contributed by atoms with Gasteiger partial charge in [0, 0.05) is 63.4 Å². The number of likely N-dealkylation sites (tertiary alicyclic amines) is 1. The molecule has 1 amide bonds. The molecule has 10 heteroatoms. The van der Waals surface area contributed by atoms with Gasteiger partial charge in [0.1, 0.15) is 6.33 Å². The number of amides is 1. The van der Waals surface area contributed by atoms with Gasteiger partial charge in [0.25, 0.3) is 5.91 Å². The first kappa shape index (κ1) is 30.6. The average molecular weight is 609 g/mol. The van der Waals surface area contributed by atoms with Gasteiger partial charge >= 0.3 is 0 Å². The number of hydrogen-bond acceptors (Lipinski definition) is 7. The number of carbonyl (C=O) groups is 1. The lowest BCUT2D eigenvalue weighted by molar-refractivity contribution is -0.0423. The van der Waals surface area contributed by atoms with Gasteiger partial charge in [-0.1, -0.05) is 30.3 Å². The third-order valence-corrected chi connectivity index (χ3v) is 13.0. The van der Waals surface area contributed by atoms with Crippen molar-refractivity contribution in [1.82, 2.24) is 29.0 Å². The van der Waals surface area contributed by atoms with Gasteiger partial charge in [0.2, 0.25) is 10.0 Å². The van der Waals surface area contributed by atoms with Crippen LogP contribution in [0.3, 0.4) is 0 Å². The van der Waals surface area contributed by atoms with Crippen molar-refractivity contribution in [3.05, 3.63) is 59.2 Å². The van der Waals surface area contributed by atoms with Crippen molar-refractivity contribution in [1.29, 1.82) is 0 Å². The summed E-state index contributed by atoms with van der Waals surface area (Å²) in [5.74, 6) is 0.323. The quantitative estimate of drug-likeness (QED) is 0.469. The molecule has 43 heavy (non-hydrogen) atoms. The number of aromatic nitrogens is 2. The summed E-state index contributed by atoms with van der Waals surface area (Å²) in [6, 6.07) is 11.3. The Hall–Kier alpha value is -2.40. The lowest BCUT2D eigenvalue weighted by atomic mass is 9.83. The summed E-state index contributed by atoms with van der Waals surface area (Å²) in [4.78, 5) is 29.2. The maximum Gasteiger partial charge on any atom is 0.257 e. The molecule has 1 aromatic carbocycles. The van der Waals surface area contributed by atoms with Gasteiger partial charge in [-0.25, -0.2) is 22.7 Å². The molecule has 0 N–H and O–H groups in total. The highest BCUT2D eigenvalue weighted by molar-refractivity contribution is 7.90. The fourth-order valence-electron chi connectivity index (χ4n) is 7.87. The van der Waals surface area contributed by atoms with Crippen molar-refractivity contribution in [3.63, 3.8) is 0 Å². The number of rotatable bonds is 7. The van der Waals surface area contributed by atoms with Crippen LogP contribution < -0.4 is 0 Å². The molecule has 1 aliphatic carbocycles. The second kappa shape index (κ2) is 12.2. The van der Waals surface area contributed by atoms with Gasteiger partial charge in [-0.2, -0.15) is 0 Å². The van der Waals surface area contributed by atoms with Crippen LogP contribution in [0.5, 0.6) is 0 Å². The molecule has 3 saturated heterocycles. The lowest BCUT2D eigenvalue weighted by Gasteiger charge is -2.54. The van der Waals surface area contributed by atoms with E-state index in [1.807, 2.05) is 23.1 Å². The maximum atomic E-state index is 13.4. The Bertz CT molecular complexity index is 1390. The van der Waals surface area contributed by atoms with Crippen molar-refractivity contribution in [2.45, 2.75) is 89.1 Å². The van der Waals surface area contributed by atoms with Crippen LogP contribution in [0.1, 0.15) is 85.7 Å². The lowest BCUT2D eigenvalue weighted by Crippen LogP contribution is -2.63. The Kier molecular flexibility index (Phi) is 8.67. The van der Waals surface area contributed by atoms with Gasteiger partial charge in [-0.3, -0.25) is 14.6 Å². The van der Waals surface area contributed by atoms with Crippen molar-refractivity contribution in [2.75, 3.05) is 45.8 Å². The Labute approximate surface area is 257 Å². The van der Waals surface area contributed by atoms with Gasteiger partial charge in [-0.05, 0) is 77.7 Å². The van der Waals surface area contributed by atoms with E-state index in [0.29, 0.717) is 24.7 Å². The summed E-state index contributed by atoms with van der Waals surface area (Å²) in [6.45, 7) is 14.1. The number of piperidine rings is 2. The highest BCUT2D eigenvalue weighted by atomic mass is 32.2. The van der Waals surface area contributed by atoms with Crippen molar-refractivity contribution >= 4 is 15.9 Å². The molecule has 9 nitrogen and oxygen atoms in total. The molecule has 3 aliphatic heterocycles. The summed E-state index contributed by atoms with van der Waals surface area (Å²) in [7, 11) is -3.17. The zero-order valence-corrected chi connectivity index (χ0v) is 27.1. The van der Waals surface area contributed by atoms with Crippen LogP contribution in [-0.4, -0.2) is 106 Å². The minimum atomic E-state index is -3.17. The van der Waals surface area contributed by atoms with Crippen LogP contribution in [0.25, 0.3) is 0 Å². The normalized spacial score (nSPS) is 26.7. The number of hydrogen-bond donors (Lipinski definition) is 0. The molecule has 1 aromatic heterocycles. The molecule has 4 aliphatic rings. The predicted molar refractivity (Wildman–Crippen MR) is 168 cm³/mol. The fourth-order valence-corrected chi connectivity index (χ4v) is 9.80. The van der Waals surface area contributed by atoms with E-state index >= 15 is 0 Å². The second-order valence-electron chi connectivity index (χ2n) is 13.6. The van der Waals surface area contributed by atoms with Crippen LogP contribution in [0, 0.1) is 19.8 Å². The summed E-state index contributed by atoms with van der Waals surface area (Å²) in [5.41, 5.74) is 3.47. The van der Waals surface area contributed by atoms with Crippen LogP contribution in [-0.2, 0) is 10.0 Å². The monoisotopic (exact) mass is 608 g/mol. The third-order valence-electron chi connectivity index (χ3n) is 10.7. The maximum absolute atomic E-state index is 13.4. The molecule has 234 valence electrons. The van der Waals surface area contributed by atoms with Crippen molar-refractivity contribution in [2.24, 2.45) is 5.92 Å². The molecule has 4 heterocycles. The Balaban J connectivity index is 1.14. The highest BCUT2D eigenvalue weighted by Crippen LogP contribution is 2.41. The smallest absolute Gasteiger partial charge is 0.257 e. The van der Waals surface area contributed by atoms with E-state index in [-0.39, 0.29) is 28.7 Å². The predicted octanol–water partition coefficient (Wildman–Crippen LogP) is 4.04. The van der Waals surface area contributed by atoms with Gasteiger partial charge in [-0.15, -0.1) is 0 Å². The SMILES string of the molecule is Cc1ncnc(C)c1C(=O)N1CCC(C)(N2CCN(C(c3ccccc3)C3CCCN(S(=O)(=O)C4CC4)C3)[C@@H](C)C2)CC1. The molecule has 1 saturated carbocycles. The van der Waals surface area contributed by atoms with E-state index in [9.17, 15) is 13.2 Å². The van der Waals surface area contributed by atoms with E-state index in [1.165, 1.54) is 11.9 Å². The van der Waals surface area contributed by atoms with E-state index in [1.54, 1.807) is 0 Å². The Morgan fingerprint density at radius 1 is 0.930 bits per heavy atom. The number of piperazine rings is 1. The molecular formula is C33H48N6O3S. The van der Waals surface area contributed by atoms with E-state index in [0.717, 1.165) is 82.6 Å². The van der Waals surface area contributed by atoms with Gasteiger partial charge < -0.3 is 4.90 Å². The molecule has 0 radical (unpaired) electrons. The fraction of sp³-hybridized carbons (Fsp3) is 0.667. The standard InChI is InChI=1S/C33H48N6O3S/c1-24-21-37(33(4)14-17-36(18-15-33)32(40)30-25(2)34-23-35-26(30)3)19-20-39(24)31(27-9-6-5-7-10-27)28-11-8-16-38(22-28)43(41,42)29-12-13-29/h5-7,9-10,23-24,28-29,31H,8,11-22H2,1-4H3/t24-,28?,31?/m0/s1. The summed E-state index contributed by atoms with van der Waals surface area (Å²) < 4.78 is 28.2. The summed E-state index contributed by atoms with van der Waals surface area (Å²) in [5, 5.41) is -0.152. The summed E-state index contributed by atoms with van der Waals surface area (Å²) in [6.07, 6.45) is 7.01. The van der Waals surface area contributed by atoms with Gasteiger partial charge in [0.05, 0.1) is 22.2 Å². The molecule has 2 aromatic rings. The molecule has 0 bridgehead atoms. The number of benzene rings is 1. The third kappa shape index (κ3) is 6.13. The Morgan fingerprint density at radius 3 is 2.23 bits per heavy atom. The van der Waals surface area contributed by atoms with Crippen molar-refractivity contribution in [3.8, 4) is 0 Å². The van der Waals surface area contributed by atoms with Crippen LogP contribution in [0.2, 0.25) is 0 Å². The summed E-state index contributed by atoms with van der Waals surface area (Å²) >= 11 is 0. The molecule has 6 rings (SSSR count). The zero-order chi connectivity index (χ0) is 30.4. The van der Waals surface area contributed by atoms with E-state index in [4.69, 9.17) is 0 Å².